The van der Waals surface area contributed by atoms with Gasteiger partial charge in [0.1, 0.15) is 11.6 Å². The van der Waals surface area contributed by atoms with Crippen LogP contribution in [-0.2, 0) is 9.53 Å². The Balaban J connectivity index is 2.21. The number of benzene rings is 1. The van der Waals surface area contributed by atoms with Gasteiger partial charge in [-0.15, -0.1) is 10.2 Å². The van der Waals surface area contributed by atoms with Gasteiger partial charge >= 0.3 is 5.97 Å². The minimum atomic E-state index is -0.449. The molecule has 0 fully saturated rings. The van der Waals surface area contributed by atoms with E-state index in [1.807, 2.05) is 24.3 Å². The van der Waals surface area contributed by atoms with Crippen LogP contribution in [0.1, 0.15) is 11.4 Å². The Morgan fingerprint density at radius 1 is 1.45 bits per heavy atom. The van der Waals surface area contributed by atoms with Gasteiger partial charge in [0.25, 0.3) is 0 Å². The molecule has 22 heavy (non-hydrogen) atoms. The van der Waals surface area contributed by atoms with Crippen molar-refractivity contribution in [2.45, 2.75) is 0 Å². The lowest BCUT2D eigenvalue weighted by Crippen LogP contribution is -1.96. The van der Waals surface area contributed by atoms with E-state index in [0.717, 1.165) is 5.56 Å². The van der Waals surface area contributed by atoms with E-state index < -0.39 is 5.97 Å². The van der Waals surface area contributed by atoms with Crippen LogP contribution in [0.2, 0.25) is 0 Å². The molecule has 110 valence electrons. The Labute approximate surface area is 126 Å². The van der Waals surface area contributed by atoms with E-state index in [1.165, 1.54) is 19.4 Å². The van der Waals surface area contributed by atoms with E-state index in [2.05, 4.69) is 30.7 Å². The molecule has 8 nitrogen and oxygen atoms in total. The molecule has 0 spiro atoms. The highest BCUT2D eigenvalue weighted by Crippen LogP contribution is 2.18. The van der Waals surface area contributed by atoms with Gasteiger partial charge in [0.15, 0.2) is 0 Å². The van der Waals surface area contributed by atoms with Crippen LogP contribution in [0.25, 0.3) is 11.6 Å². The summed E-state index contributed by atoms with van der Waals surface area (Å²) in [6.07, 6.45) is 4.40. The molecule has 0 radical (unpaired) electrons. The van der Waals surface area contributed by atoms with Crippen LogP contribution < -0.4 is 5.32 Å². The Hall–Kier alpha value is -3.47. The summed E-state index contributed by atoms with van der Waals surface area (Å²) in [5.41, 5.74) is 1.69. The second-order valence-electron chi connectivity index (χ2n) is 3.99. The number of nitrogens with one attached hydrogen (secondary N) is 2. The third-order valence-electron chi connectivity index (χ3n) is 2.64. The predicted octanol–water partition coefficient (Wildman–Crippen LogP) is 1.36. The number of methoxy groups -OCH3 is 1. The van der Waals surface area contributed by atoms with Crippen molar-refractivity contribution >= 4 is 23.3 Å². The quantitative estimate of drug-likeness (QED) is 0.486. The molecule has 0 atom stereocenters. The van der Waals surface area contributed by atoms with Gasteiger partial charge in [0.2, 0.25) is 5.82 Å². The van der Waals surface area contributed by atoms with Crippen LogP contribution in [-0.4, -0.2) is 33.7 Å². The van der Waals surface area contributed by atoms with E-state index >= 15 is 0 Å². The van der Waals surface area contributed by atoms with Crippen molar-refractivity contribution in [3.05, 3.63) is 47.9 Å². The number of para-hydroxylation sites is 1. The highest BCUT2D eigenvalue weighted by molar-refractivity contribution is 5.88. The first-order valence-corrected chi connectivity index (χ1v) is 6.20. The molecule has 2 aromatic rings. The van der Waals surface area contributed by atoms with Crippen LogP contribution in [0.4, 0.5) is 5.69 Å². The summed E-state index contributed by atoms with van der Waals surface area (Å²) in [6.45, 7) is 0. The van der Waals surface area contributed by atoms with Gasteiger partial charge in [0, 0.05) is 18.0 Å². The van der Waals surface area contributed by atoms with Crippen molar-refractivity contribution in [2.75, 3.05) is 12.4 Å². The van der Waals surface area contributed by atoms with Crippen LogP contribution in [0.15, 0.2) is 36.5 Å². The monoisotopic (exact) mass is 296 g/mol. The Morgan fingerprint density at radius 2 is 2.27 bits per heavy atom. The number of carbonyl (C=O) groups excluding carboxylic acids is 1. The predicted molar refractivity (Wildman–Crippen MR) is 78.9 cm³/mol. The fraction of sp³-hybridized carbons (Fsp3) is 0.0714. The van der Waals surface area contributed by atoms with Gasteiger partial charge in [-0.25, -0.2) is 4.79 Å². The standard InChI is InChI=1S/C14H12N6O2/c1-22-13(21)7-6-10-4-2-3-5-12(10)16-9-11(8-15)14-17-19-20-18-14/h2-7,9,16H,1H3,(H,17,18,19,20). The molecular weight excluding hydrogens is 284 g/mol. The van der Waals surface area contributed by atoms with Crippen molar-refractivity contribution in [3.8, 4) is 6.07 Å². The first kappa shape index (κ1) is 14.9. The van der Waals surface area contributed by atoms with Gasteiger partial charge in [-0.2, -0.15) is 10.5 Å². The molecule has 1 aromatic heterocycles. The number of H-pyrrole nitrogens is 1. The molecule has 1 heterocycles. The van der Waals surface area contributed by atoms with Crippen molar-refractivity contribution in [1.82, 2.24) is 20.6 Å². The molecule has 0 aliphatic rings. The summed E-state index contributed by atoms with van der Waals surface area (Å²) in [4.78, 5) is 11.2. The van der Waals surface area contributed by atoms with E-state index in [1.54, 1.807) is 12.1 Å². The zero-order chi connectivity index (χ0) is 15.8. The normalized spacial score (nSPS) is 11.2. The third-order valence-corrected chi connectivity index (χ3v) is 2.64. The van der Waals surface area contributed by atoms with E-state index in [0.29, 0.717) is 5.69 Å². The smallest absolute Gasteiger partial charge is 0.330 e. The minimum Gasteiger partial charge on any atom is -0.466 e. The van der Waals surface area contributed by atoms with E-state index in [9.17, 15) is 4.79 Å². The number of esters is 1. The number of hydrogen-bond acceptors (Lipinski definition) is 7. The molecule has 0 saturated carbocycles. The number of hydrogen-bond donors (Lipinski definition) is 2. The topological polar surface area (TPSA) is 117 Å². The highest BCUT2D eigenvalue weighted by atomic mass is 16.5. The Bertz CT molecular complexity index is 743. The maximum absolute atomic E-state index is 11.2. The summed E-state index contributed by atoms with van der Waals surface area (Å²) < 4.78 is 4.55. The van der Waals surface area contributed by atoms with Gasteiger partial charge in [-0.05, 0) is 22.9 Å². The third kappa shape index (κ3) is 3.77. The summed E-state index contributed by atoms with van der Waals surface area (Å²) in [5.74, 6) is -0.257. The average Bonchev–Trinajstić information content (AvgIpc) is 3.08. The van der Waals surface area contributed by atoms with Crippen LogP contribution in [0, 0.1) is 11.3 Å². The fourth-order valence-corrected chi connectivity index (χ4v) is 1.57. The van der Waals surface area contributed by atoms with Crippen molar-refractivity contribution < 1.29 is 9.53 Å². The second kappa shape index (κ2) is 7.35. The molecule has 8 heteroatoms. The molecule has 0 aliphatic carbocycles. The van der Waals surface area contributed by atoms with E-state index in [4.69, 9.17) is 5.26 Å². The molecule has 2 N–H and O–H groups in total. The lowest BCUT2D eigenvalue weighted by atomic mass is 10.1. The van der Waals surface area contributed by atoms with Crippen molar-refractivity contribution in [3.63, 3.8) is 0 Å². The number of nitriles is 1. The number of carbonyl (C=O) groups is 1. The zero-order valence-corrected chi connectivity index (χ0v) is 11.6. The maximum atomic E-state index is 11.2. The molecule has 0 unspecified atom stereocenters. The number of aromatic amines is 1. The van der Waals surface area contributed by atoms with Gasteiger partial charge < -0.3 is 10.1 Å². The average molecular weight is 296 g/mol. The van der Waals surface area contributed by atoms with Gasteiger partial charge in [-0.3, -0.25) is 0 Å². The van der Waals surface area contributed by atoms with Crippen molar-refractivity contribution in [2.24, 2.45) is 0 Å². The molecule has 0 aliphatic heterocycles. The Morgan fingerprint density at radius 3 is 2.95 bits per heavy atom. The number of nitrogens with zero attached hydrogens (tertiary/aromatic N) is 4. The maximum Gasteiger partial charge on any atom is 0.330 e. The molecule has 0 amide bonds. The zero-order valence-electron chi connectivity index (χ0n) is 11.6. The van der Waals surface area contributed by atoms with Crippen LogP contribution in [0.5, 0.6) is 0 Å². The summed E-state index contributed by atoms with van der Waals surface area (Å²) >= 11 is 0. The van der Waals surface area contributed by atoms with E-state index in [-0.39, 0.29) is 11.4 Å². The number of rotatable bonds is 5. The molecular formula is C14H12N6O2. The Kier molecular flexibility index (Phi) is 4.99. The summed E-state index contributed by atoms with van der Waals surface area (Å²) in [7, 11) is 1.31. The number of ether oxygens (including phenoxy) is 1. The first-order chi connectivity index (χ1) is 10.7. The lowest BCUT2D eigenvalue weighted by Gasteiger charge is -2.05. The molecule has 2 rings (SSSR count). The first-order valence-electron chi connectivity index (χ1n) is 6.20. The number of allylic oxidation sites excluding steroid dienone is 1. The van der Waals surface area contributed by atoms with Crippen molar-refractivity contribution in [1.29, 1.82) is 5.26 Å². The fourth-order valence-electron chi connectivity index (χ4n) is 1.57. The molecule has 0 bridgehead atoms. The summed E-state index contributed by atoms with van der Waals surface area (Å²) in [6, 6.07) is 9.25. The van der Waals surface area contributed by atoms with Crippen LogP contribution >= 0.6 is 0 Å². The number of tetrazole rings is 1. The molecule has 0 saturated heterocycles. The number of anilines is 1. The summed E-state index contributed by atoms with van der Waals surface area (Å²) in [5, 5.41) is 25.2. The number of aromatic nitrogens is 4. The van der Waals surface area contributed by atoms with Gasteiger partial charge in [0.05, 0.1) is 7.11 Å². The lowest BCUT2D eigenvalue weighted by molar-refractivity contribution is -0.134. The molecule has 1 aromatic carbocycles. The second-order valence-corrected chi connectivity index (χ2v) is 3.99. The van der Waals surface area contributed by atoms with Crippen LogP contribution in [0.3, 0.4) is 0 Å². The van der Waals surface area contributed by atoms with Gasteiger partial charge in [-0.1, -0.05) is 18.2 Å². The largest absolute Gasteiger partial charge is 0.466 e. The minimum absolute atomic E-state index is 0.192. The highest BCUT2D eigenvalue weighted by Gasteiger charge is 2.06. The SMILES string of the molecule is COC(=O)C=Cc1ccccc1NC=C(C#N)c1nn[nH]n1.